The lowest BCUT2D eigenvalue weighted by Crippen LogP contribution is -2.37. The Morgan fingerprint density at radius 2 is 1.97 bits per heavy atom. The van der Waals surface area contributed by atoms with Crippen molar-refractivity contribution in [3.05, 3.63) is 77.5 Å². The Morgan fingerprint density at radius 1 is 1.17 bits per heavy atom. The van der Waals surface area contributed by atoms with Crippen molar-refractivity contribution < 1.29 is 17.6 Å². The van der Waals surface area contributed by atoms with Crippen LogP contribution in [-0.2, 0) is 27.8 Å². The smallest absolute Gasteiger partial charge is 0.245 e. The molecule has 0 saturated carbocycles. The van der Waals surface area contributed by atoms with Crippen LogP contribution in [0.3, 0.4) is 0 Å². The van der Waals surface area contributed by atoms with Gasteiger partial charge in [0.15, 0.2) is 0 Å². The summed E-state index contributed by atoms with van der Waals surface area (Å²) >= 11 is 5.76. The number of anilines is 1. The Hall–Kier alpha value is -2.68. The van der Waals surface area contributed by atoms with Gasteiger partial charge in [-0.25, -0.2) is 13.4 Å². The van der Waals surface area contributed by atoms with Crippen LogP contribution in [0.25, 0.3) is 0 Å². The van der Waals surface area contributed by atoms with Gasteiger partial charge >= 0.3 is 0 Å². The molecule has 1 N–H and O–H groups in total. The Labute approximate surface area is 174 Å². The van der Waals surface area contributed by atoms with Crippen LogP contribution in [0, 0.1) is 0 Å². The molecule has 9 heteroatoms. The van der Waals surface area contributed by atoms with Crippen molar-refractivity contribution in [2.75, 3.05) is 11.9 Å². The first-order valence-corrected chi connectivity index (χ1v) is 10.7. The van der Waals surface area contributed by atoms with E-state index in [1.165, 1.54) is 18.4 Å². The highest BCUT2D eigenvalue weighted by Crippen LogP contribution is 2.20. The lowest BCUT2D eigenvalue weighted by molar-refractivity contribution is -0.116. The number of rotatable bonds is 8. The molecule has 0 aliphatic rings. The van der Waals surface area contributed by atoms with Crippen molar-refractivity contribution in [3.63, 3.8) is 0 Å². The maximum Gasteiger partial charge on any atom is 0.245 e. The summed E-state index contributed by atoms with van der Waals surface area (Å²) in [5.74, 6) is -0.0415. The number of hydrogen-bond donors (Lipinski definition) is 1. The molecule has 0 unspecified atom stereocenters. The van der Waals surface area contributed by atoms with E-state index in [4.69, 9.17) is 16.0 Å². The molecule has 0 aliphatic carbocycles. The van der Waals surface area contributed by atoms with Gasteiger partial charge < -0.3 is 9.73 Å². The van der Waals surface area contributed by atoms with Crippen LogP contribution in [0.5, 0.6) is 0 Å². The molecule has 0 atom stereocenters. The number of halogens is 1. The molecule has 152 valence electrons. The normalized spacial score (nSPS) is 11.6. The zero-order valence-corrected chi connectivity index (χ0v) is 17.3. The second-order valence-electron chi connectivity index (χ2n) is 6.23. The fourth-order valence-corrected chi connectivity index (χ4v) is 4.19. The number of pyridine rings is 1. The van der Waals surface area contributed by atoms with Crippen LogP contribution >= 0.6 is 11.6 Å². The summed E-state index contributed by atoms with van der Waals surface area (Å²) in [5.41, 5.74) is 1.62. The van der Waals surface area contributed by atoms with Crippen molar-refractivity contribution in [3.8, 4) is 0 Å². The molecule has 3 aromatic rings. The van der Waals surface area contributed by atoms with E-state index in [0.29, 0.717) is 11.4 Å². The molecule has 7 nitrogen and oxygen atoms in total. The Bertz CT molecular complexity index is 1070. The summed E-state index contributed by atoms with van der Waals surface area (Å²) in [6.07, 6.45) is 3.35. The summed E-state index contributed by atoms with van der Waals surface area (Å²) in [4.78, 5) is 16.4. The molecule has 29 heavy (non-hydrogen) atoms. The number of sulfonamides is 1. The summed E-state index contributed by atoms with van der Waals surface area (Å²) in [6, 6.07) is 13.4. The number of amides is 1. The third kappa shape index (κ3) is 5.23. The maximum atomic E-state index is 13.1. The van der Waals surface area contributed by atoms with Crippen molar-refractivity contribution in [2.45, 2.75) is 24.8 Å². The van der Waals surface area contributed by atoms with Crippen molar-refractivity contribution in [1.29, 1.82) is 0 Å². The molecule has 2 aromatic heterocycles. The maximum absolute atomic E-state index is 13.1. The predicted octanol–water partition coefficient (Wildman–Crippen LogP) is 3.72. The number of benzene rings is 1. The topological polar surface area (TPSA) is 92.5 Å². The number of aryl methyl sites for hydroxylation is 1. The van der Waals surface area contributed by atoms with Gasteiger partial charge in [-0.3, -0.25) is 4.79 Å². The molecule has 1 amide bonds. The zero-order chi connectivity index (χ0) is 20.9. The van der Waals surface area contributed by atoms with E-state index >= 15 is 0 Å². The molecule has 0 bridgehead atoms. The van der Waals surface area contributed by atoms with Gasteiger partial charge in [-0.2, -0.15) is 4.31 Å². The van der Waals surface area contributed by atoms with Crippen LogP contribution in [0.2, 0.25) is 5.15 Å². The standard InChI is InChI=1S/C20H20ClN3O4S/c1-2-15-6-3-4-8-18(15)23-20(25)14-24(13-16-7-5-11-28-16)29(26,27)17-9-10-19(21)22-12-17/h3-12H,2,13-14H2,1H3,(H,23,25). The first kappa shape index (κ1) is 21.0. The Morgan fingerprint density at radius 3 is 2.62 bits per heavy atom. The van der Waals surface area contributed by atoms with Crippen LogP contribution in [0.1, 0.15) is 18.2 Å². The lowest BCUT2D eigenvalue weighted by atomic mass is 10.1. The highest BCUT2D eigenvalue weighted by molar-refractivity contribution is 7.89. The molecule has 3 rings (SSSR count). The minimum Gasteiger partial charge on any atom is -0.468 e. The second-order valence-corrected chi connectivity index (χ2v) is 8.55. The van der Waals surface area contributed by atoms with E-state index in [1.54, 1.807) is 18.2 Å². The highest BCUT2D eigenvalue weighted by Gasteiger charge is 2.28. The number of aromatic nitrogens is 1. The molecule has 0 spiro atoms. The van der Waals surface area contributed by atoms with Gasteiger partial charge in [-0.05, 0) is 42.3 Å². The van der Waals surface area contributed by atoms with E-state index in [9.17, 15) is 13.2 Å². The largest absolute Gasteiger partial charge is 0.468 e. The van der Waals surface area contributed by atoms with E-state index in [0.717, 1.165) is 22.5 Å². The van der Waals surface area contributed by atoms with E-state index < -0.39 is 15.9 Å². The number of nitrogens with one attached hydrogen (secondary N) is 1. The first-order chi connectivity index (χ1) is 13.9. The molecule has 1 aromatic carbocycles. The molecule has 0 fully saturated rings. The molecule has 0 saturated heterocycles. The average Bonchev–Trinajstić information content (AvgIpc) is 3.21. The molecule has 0 aliphatic heterocycles. The van der Waals surface area contributed by atoms with Gasteiger partial charge in [0.1, 0.15) is 15.8 Å². The van der Waals surface area contributed by atoms with Gasteiger partial charge in [0.05, 0.1) is 19.4 Å². The number of para-hydroxylation sites is 1. The van der Waals surface area contributed by atoms with Crippen LogP contribution < -0.4 is 5.32 Å². The first-order valence-electron chi connectivity index (χ1n) is 8.92. The summed E-state index contributed by atoms with van der Waals surface area (Å²) in [5, 5.41) is 2.97. The van der Waals surface area contributed by atoms with E-state index in [-0.39, 0.29) is 23.1 Å². The SMILES string of the molecule is CCc1ccccc1NC(=O)CN(Cc1ccco1)S(=O)(=O)c1ccc(Cl)nc1. The predicted molar refractivity (Wildman–Crippen MR) is 110 cm³/mol. The Balaban J connectivity index is 1.85. The average molecular weight is 434 g/mol. The number of furan rings is 1. The quantitative estimate of drug-likeness (QED) is 0.546. The zero-order valence-electron chi connectivity index (χ0n) is 15.7. The van der Waals surface area contributed by atoms with Crippen LogP contribution in [0.15, 0.2) is 70.3 Å². The van der Waals surface area contributed by atoms with Gasteiger partial charge in [0.25, 0.3) is 0 Å². The molecule has 2 heterocycles. The summed E-state index contributed by atoms with van der Waals surface area (Å²) in [6.45, 7) is 1.50. The van der Waals surface area contributed by atoms with Crippen molar-refractivity contribution in [1.82, 2.24) is 9.29 Å². The van der Waals surface area contributed by atoms with Gasteiger partial charge in [-0.15, -0.1) is 0 Å². The number of carbonyl (C=O) groups is 1. The monoisotopic (exact) mass is 433 g/mol. The van der Waals surface area contributed by atoms with Gasteiger partial charge in [-0.1, -0.05) is 36.7 Å². The minimum atomic E-state index is -4.01. The van der Waals surface area contributed by atoms with E-state index in [2.05, 4.69) is 10.3 Å². The van der Waals surface area contributed by atoms with Crippen LogP contribution in [0.4, 0.5) is 5.69 Å². The second kappa shape index (κ2) is 9.21. The van der Waals surface area contributed by atoms with Crippen molar-refractivity contribution in [2.24, 2.45) is 0 Å². The van der Waals surface area contributed by atoms with Crippen molar-refractivity contribution >= 4 is 33.2 Å². The number of carbonyl (C=O) groups excluding carboxylic acids is 1. The van der Waals surface area contributed by atoms with E-state index in [1.807, 2.05) is 25.1 Å². The highest BCUT2D eigenvalue weighted by atomic mass is 35.5. The molecular weight excluding hydrogens is 414 g/mol. The number of hydrogen-bond acceptors (Lipinski definition) is 5. The Kier molecular flexibility index (Phi) is 6.68. The number of nitrogens with zero attached hydrogens (tertiary/aromatic N) is 2. The summed E-state index contributed by atoms with van der Waals surface area (Å²) in [7, 11) is -4.01. The fourth-order valence-electron chi connectivity index (χ4n) is 2.77. The summed E-state index contributed by atoms with van der Waals surface area (Å²) < 4.78 is 32.5. The van der Waals surface area contributed by atoms with Gasteiger partial charge in [0, 0.05) is 11.9 Å². The van der Waals surface area contributed by atoms with Crippen LogP contribution in [-0.4, -0.2) is 30.2 Å². The molecular formula is C20H20ClN3O4S. The lowest BCUT2D eigenvalue weighted by Gasteiger charge is -2.21. The molecule has 0 radical (unpaired) electrons. The fraction of sp³-hybridized carbons (Fsp3) is 0.200. The van der Waals surface area contributed by atoms with Gasteiger partial charge in [0.2, 0.25) is 15.9 Å². The third-order valence-corrected chi connectivity index (χ3v) is 6.24. The third-order valence-electron chi connectivity index (χ3n) is 4.24. The minimum absolute atomic E-state index is 0.0600.